The maximum atomic E-state index is 11.2. The summed E-state index contributed by atoms with van der Waals surface area (Å²) in [7, 11) is 0. The van der Waals surface area contributed by atoms with Crippen LogP contribution in [-0.2, 0) is 6.61 Å². The van der Waals surface area contributed by atoms with Gasteiger partial charge in [0, 0.05) is 0 Å². The van der Waals surface area contributed by atoms with Gasteiger partial charge in [-0.2, -0.15) is 5.10 Å². The maximum Gasteiger partial charge on any atom is 0.356 e. The zero-order chi connectivity index (χ0) is 20.8. The number of benzene rings is 2. The van der Waals surface area contributed by atoms with Gasteiger partial charge in [0.05, 0.1) is 11.9 Å². The quantitative estimate of drug-likeness (QED) is 0.271. The minimum Gasteiger partial charge on any atom is -0.489 e. The average molecular weight is 451 g/mol. The molecule has 0 aliphatic heterocycles. The lowest BCUT2D eigenvalue weighted by atomic mass is 10.2. The Bertz CT molecular complexity index is 1040. The van der Waals surface area contributed by atoms with Crippen LogP contribution in [0.1, 0.15) is 21.6 Å². The van der Waals surface area contributed by atoms with Crippen LogP contribution in [0.2, 0.25) is 15.2 Å². The Morgan fingerprint density at radius 2 is 1.76 bits per heavy atom. The number of pyridine rings is 1. The van der Waals surface area contributed by atoms with E-state index in [4.69, 9.17) is 44.6 Å². The van der Waals surface area contributed by atoms with Crippen molar-refractivity contribution in [1.29, 1.82) is 0 Å². The number of anilines is 1. The van der Waals surface area contributed by atoms with Crippen molar-refractivity contribution < 1.29 is 14.6 Å². The fraction of sp³-hybridized carbons (Fsp3) is 0.0500. The largest absolute Gasteiger partial charge is 0.489 e. The predicted octanol–water partition coefficient (Wildman–Crippen LogP) is 5.77. The van der Waals surface area contributed by atoms with Crippen molar-refractivity contribution >= 4 is 52.7 Å². The van der Waals surface area contributed by atoms with Crippen LogP contribution in [0, 0.1) is 0 Å². The molecule has 0 spiro atoms. The van der Waals surface area contributed by atoms with Crippen LogP contribution in [0.4, 0.5) is 5.69 Å². The summed E-state index contributed by atoms with van der Waals surface area (Å²) < 4.78 is 5.73. The number of halogens is 3. The number of ether oxygens (including phenoxy) is 1. The standard InChI is InChI=1S/C20H14Cl3N3O3/c21-15-17(16(22)19(23)25-18(15)20(27)28)26-24-10-12-6-8-14(9-7-12)29-11-13-4-2-1-3-5-13/h1-10H,11H2,(H,25,26)(H,27,28). The van der Waals surface area contributed by atoms with E-state index in [-0.39, 0.29) is 20.9 Å². The van der Waals surface area contributed by atoms with E-state index in [1.165, 1.54) is 6.21 Å². The molecular weight excluding hydrogens is 437 g/mol. The molecule has 0 radical (unpaired) electrons. The smallest absolute Gasteiger partial charge is 0.356 e. The average Bonchev–Trinajstić information content (AvgIpc) is 2.73. The first-order valence-electron chi connectivity index (χ1n) is 8.29. The number of carboxylic acids is 1. The molecule has 0 atom stereocenters. The van der Waals surface area contributed by atoms with Gasteiger partial charge in [0.25, 0.3) is 0 Å². The first-order chi connectivity index (χ1) is 14.0. The molecule has 0 saturated carbocycles. The number of rotatable bonds is 7. The highest BCUT2D eigenvalue weighted by atomic mass is 35.5. The Kier molecular flexibility index (Phi) is 6.93. The molecule has 2 aromatic carbocycles. The highest BCUT2D eigenvalue weighted by Gasteiger charge is 2.20. The van der Waals surface area contributed by atoms with Crippen LogP contribution in [-0.4, -0.2) is 22.3 Å². The number of aromatic carboxylic acids is 1. The molecule has 1 heterocycles. The van der Waals surface area contributed by atoms with Crippen molar-refractivity contribution in [2.24, 2.45) is 5.10 Å². The number of carboxylic acid groups (broad SMARTS) is 1. The zero-order valence-corrected chi connectivity index (χ0v) is 17.0. The van der Waals surface area contributed by atoms with E-state index in [0.29, 0.717) is 6.61 Å². The number of carbonyl (C=O) groups is 1. The lowest BCUT2D eigenvalue weighted by molar-refractivity contribution is 0.0691. The van der Waals surface area contributed by atoms with E-state index >= 15 is 0 Å². The highest BCUT2D eigenvalue weighted by molar-refractivity contribution is 6.46. The van der Waals surface area contributed by atoms with Crippen molar-refractivity contribution in [2.75, 3.05) is 5.43 Å². The Labute approximate surface area is 181 Å². The molecule has 6 nitrogen and oxygen atoms in total. The molecule has 3 rings (SSSR count). The number of hydrazone groups is 1. The molecule has 0 aliphatic rings. The molecule has 29 heavy (non-hydrogen) atoms. The van der Waals surface area contributed by atoms with E-state index in [1.54, 1.807) is 0 Å². The Morgan fingerprint density at radius 3 is 2.41 bits per heavy atom. The van der Waals surface area contributed by atoms with Crippen LogP contribution in [0.5, 0.6) is 5.75 Å². The molecule has 0 bridgehead atoms. The van der Waals surface area contributed by atoms with E-state index in [0.717, 1.165) is 16.9 Å². The SMILES string of the molecule is O=C(O)c1nc(Cl)c(Cl)c(NN=Cc2ccc(OCc3ccccc3)cc2)c1Cl. The van der Waals surface area contributed by atoms with Gasteiger partial charge >= 0.3 is 5.97 Å². The summed E-state index contributed by atoms with van der Waals surface area (Å²) in [5, 5.41) is 12.8. The van der Waals surface area contributed by atoms with Gasteiger partial charge in [-0.05, 0) is 35.4 Å². The predicted molar refractivity (Wildman–Crippen MR) is 115 cm³/mol. The van der Waals surface area contributed by atoms with Gasteiger partial charge in [0.1, 0.15) is 22.4 Å². The van der Waals surface area contributed by atoms with E-state index in [9.17, 15) is 4.79 Å². The van der Waals surface area contributed by atoms with Crippen LogP contribution in [0.3, 0.4) is 0 Å². The van der Waals surface area contributed by atoms with Gasteiger partial charge in [-0.1, -0.05) is 65.1 Å². The molecule has 0 saturated heterocycles. The van der Waals surface area contributed by atoms with Gasteiger partial charge in [0.2, 0.25) is 0 Å². The third-order valence-corrected chi connectivity index (χ3v) is 4.87. The summed E-state index contributed by atoms with van der Waals surface area (Å²) in [6.07, 6.45) is 1.52. The fourth-order valence-corrected chi connectivity index (χ4v) is 2.98. The molecule has 1 aromatic heterocycles. The van der Waals surface area contributed by atoms with E-state index in [1.807, 2.05) is 54.6 Å². The van der Waals surface area contributed by atoms with Crippen LogP contribution in [0.25, 0.3) is 0 Å². The minimum absolute atomic E-state index is 0.0246. The van der Waals surface area contributed by atoms with E-state index < -0.39 is 11.7 Å². The monoisotopic (exact) mass is 449 g/mol. The summed E-state index contributed by atoms with van der Waals surface area (Å²) in [5.74, 6) is -0.608. The van der Waals surface area contributed by atoms with Crippen molar-refractivity contribution in [1.82, 2.24) is 4.98 Å². The van der Waals surface area contributed by atoms with E-state index in [2.05, 4.69) is 15.5 Å². The topological polar surface area (TPSA) is 83.8 Å². The molecule has 9 heteroatoms. The fourth-order valence-electron chi connectivity index (χ4n) is 2.32. The van der Waals surface area contributed by atoms with Gasteiger partial charge in [-0.15, -0.1) is 0 Å². The second kappa shape index (κ2) is 9.60. The van der Waals surface area contributed by atoms with Crippen molar-refractivity contribution in [2.45, 2.75) is 6.61 Å². The number of nitrogens with one attached hydrogen (secondary N) is 1. The van der Waals surface area contributed by atoms with Crippen molar-refractivity contribution in [3.05, 3.63) is 86.6 Å². The van der Waals surface area contributed by atoms with Crippen molar-refractivity contribution in [3.63, 3.8) is 0 Å². The summed E-state index contributed by atoms with van der Waals surface area (Å²) in [5.41, 5.74) is 4.11. The second-order valence-electron chi connectivity index (χ2n) is 5.77. The second-order valence-corrected chi connectivity index (χ2v) is 6.89. The molecule has 0 aliphatic carbocycles. The summed E-state index contributed by atoms with van der Waals surface area (Å²) in [4.78, 5) is 14.8. The molecule has 0 unspecified atom stereocenters. The first-order valence-corrected chi connectivity index (χ1v) is 9.42. The number of hydrogen-bond donors (Lipinski definition) is 2. The van der Waals surface area contributed by atoms with Crippen molar-refractivity contribution in [3.8, 4) is 5.75 Å². The first kappa shape index (κ1) is 20.9. The lowest BCUT2D eigenvalue weighted by Gasteiger charge is -2.09. The number of nitrogens with zero attached hydrogens (tertiary/aromatic N) is 2. The number of hydrogen-bond acceptors (Lipinski definition) is 5. The van der Waals surface area contributed by atoms with Gasteiger partial charge in [0.15, 0.2) is 10.8 Å². The highest BCUT2D eigenvalue weighted by Crippen LogP contribution is 2.36. The molecule has 3 aromatic rings. The third kappa shape index (κ3) is 5.38. The third-order valence-electron chi connectivity index (χ3n) is 3.76. The van der Waals surface area contributed by atoms with Gasteiger partial charge in [-0.25, -0.2) is 9.78 Å². The summed E-state index contributed by atoms with van der Waals surface area (Å²) in [6, 6.07) is 17.1. The maximum absolute atomic E-state index is 11.2. The van der Waals surface area contributed by atoms with Gasteiger partial charge in [-0.3, -0.25) is 5.43 Å². The Balaban J connectivity index is 1.66. The van der Waals surface area contributed by atoms with Crippen LogP contribution in [0.15, 0.2) is 59.7 Å². The summed E-state index contributed by atoms with van der Waals surface area (Å²) >= 11 is 17.9. The Morgan fingerprint density at radius 1 is 1.07 bits per heavy atom. The minimum atomic E-state index is -1.33. The molecule has 0 fully saturated rings. The lowest BCUT2D eigenvalue weighted by Crippen LogP contribution is -2.05. The van der Waals surface area contributed by atoms with Gasteiger partial charge < -0.3 is 9.84 Å². The molecular formula is C20H14Cl3N3O3. The summed E-state index contributed by atoms with van der Waals surface area (Å²) in [6.45, 7) is 0.474. The molecule has 0 amide bonds. The zero-order valence-electron chi connectivity index (χ0n) is 14.8. The molecule has 2 N–H and O–H groups in total. The number of aromatic nitrogens is 1. The van der Waals surface area contributed by atoms with Crippen LogP contribution >= 0.6 is 34.8 Å². The Hall–Kier alpha value is -2.80. The molecule has 148 valence electrons. The van der Waals surface area contributed by atoms with Crippen LogP contribution < -0.4 is 10.2 Å². The normalized spacial score (nSPS) is 10.9.